The minimum Gasteiger partial charge on any atom is -0.314 e. The molecular formula is C17H22N2S. The van der Waals surface area contributed by atoms with Gasteiger partial charge in [-0.05, 0) is 42.0 Å². The number of hydrogen-bond donors (Lipinski definition) is 1. The molecule has 1 N–H and O–H groups in total. The molecule has 1 aliphatic heterocycles. The molecule has 0 unspecified atom stereocenters. The molecule has 3 rings (SSSR count). The number of nitrogens with one attached hydrogen (secondary N) is 1. The standard InChI is InChI=1S/C17H22N2S/c1-13-5-3-6-14(2)16(13)17(15-7-4-12-20-15)19-10-8-18-9-11-19/h3-7,12,17-18H,8-11H2,1-2H3/t17-/m0/s1. The van der Waals surface area contributed by atoms with Gasteiger partial charge in [-0.25, -0.2) is 0 Å². The minimum atomic E-state index is 0.415. The molecule has 0 aliphatic carbocycles. The van der Waals surface area contributed by atoms with E-state index in [9.17, 15) is 0 Å². The van der Waals surface area contributed by atoms with Crippen LogP contribution in [0.2, 0.25) is 0 Å². The summed E-state index contributed by atoms with van der Waals surface area (Å²) in [5.41, 5.74) is 4.31. The maximum atomic E-state index is 3.46. The molecule has 1 aliphatic rings. The van der Waals surface area contributed by atoms with Crippen LogP contribution in [0.5, 0.6) is 0 Å². The second-order valence-electron chi connectivity index (χ2n) is 5.51. The fraction of sp³-hybridized carbons (Fsp3) is 0.412. The van der Waals surface area contributed by atoms with Crippen molar-refractivity contribution in [2.75, 3.05) is 26.2 Å². The van der Waals surface area contributed by atoms with Crippen molar-refractivity contribution >= 4 is 11.3 Å². The quantitative estimate of drug-likeness (QED) is 0.931. The molecule has 0 amide bonds. The Balaban J connectivity index is 2.05. The van der Waals surface area contributed by atoms with Crippen LogP contribution in [0.15, 0.2) is 35.7 Å². The molecule has 1 fully saturated rings. The van der Waals surface area contributed by atoms with Gasteiger partial charge < -0.3 is 5.32 Å². The molecule has 2 nitrogen and oxygen atoms in total. The summed E-state index contributed by atoms with van der Waals surface area (Å²) in [6.07, 6.45) is 0. The predicted octanol–water partition coefficient (Wildman–Crippen LogP) is 3.36. The maximum absolute atomic E-state index is 3.46. The van der Waals surface area contributed by atoms with Crippen LogP contribution >= 0.6 is 11.3 Å². The van der Waals surface area contributed by atoms with Crippen molar-refractivity contribution in [2.24, 2.45) is 0 Å². The van der Waals surface area contributed by atoms with Gasteiger partial charge >= 0.3 is 0 Å². The first kappa shape index (κ1) is 13.8. The molecule has 3 heteroatoms. The highest BCUT2D eigenvalue weighted by Crippen LogP contribution is 2.35. The number of aryl methyl sites for hydroxylation is 2. The van der Waals surface area contributed by atoms with E-state index in [0.717, 1.165) is 26.2 Å². The zero-order chi connectivity index (χ0) is 13.9. The lowest BCUT2D eigenvalue weighted by Gasteiger charge is -2.36. The van der Waals surface area contributed by atoms with E-state index in [1.165, 1.54) is 21.6 Å². The van der Waals surface area contributed by atoms with Gasteiger partial charge in [-0.1, -0.05) is 24.3 Å². The van der Waals surface area contributed by atoms with Crippen LogP contribution in [0, 0.1) is 13.8 Å². The van der Waals surface area contributed by atoms with E-state index < -0.39 is 0 Å². The molecule has 0 radical (unpaired) electrons. The van der Waals surface area contributed by atoms with Gasteiger partial charge in [-0.15, -0.1) is 11.3 Å². The third-order valence-electron chi connectivity index (χ3n) is 4.14. The van der Waals surface area contributed by atoms with E-state index >= 15 is 0 Å². The van der Waals surface area contributed by atoms with Gasteiger partial charge in [0.15, 0.2) is 0 Å². The highest BCUT2D eigenvalue weighted by molar-refractivity contribution is 7.10. The normalized spacial score (nSPS) is 18.1. The number of thiophene rings is 1. The largest absolute Gasteiger partial charge is 0.314 e. The summed E-state index contributed by atoms with van der Waals surface area (Å²) in [7, 11) is 0. The molecule has 2 aromatic rings. The van der Waals surface area contributed by atoms with Crippen LogP contribution in [0.25, 0.3) is 0 Å². The Hall–Kier alpha value is -1.16. The number of nitrogens with zero attached hydrogens (tertiary/aromatic N) is 1. The van der Waals surface area contributed by atoms with E-state index in [1.54, 1.807) is 0 Å². The van der Waals surface area contributed by atoms with Gasteiger partial charge in [0.25, 0.3) is 0 Å². The summed E-state index contributed by atoms with van der Waals surface area (Å²) < 4.78 is 0. The van der Waals surface area contributed by atoms with Gasteiger partial charge in [-0.3, -0.25) is 4.90 Å². The Morgan fingerprint density at radius 2 is 1.75 bits per heavy atom. The molecule has 2 heterocycles. The third kappa shape index (κ3) is 2.66. The summed E-state index contributed by atoms with van der Waals surface area (Å²) in [4.78, 5) is 4.08. The number of piperazine rings is 1. The molecule has 106 valence electrons. The minimum absolute atomic E-state index is 0.415. The number of benzene rings is 1. The zero-order valence-electron chi connectivity index (χ0n) is 12.2. The lowest BCUT2D eigenvalue weighted by Crippen LogP contribution is -2.45. The van der Waals surface area contributed by atoms with E-state index in [-0.39, 0.29) is 0 Å². The van der Waals surface area contributed by atoms with Gasteiger partial charge in [0.2, 0.25) is 0 Å². The van der Waals surface area contributed by atoms with Crippen molar-refractivity contribution in [3.05, 3.63) is 57.3 Å². The Labute approximate surface area is 125 Å². The van der Waals surface area contributed by atoms with Gasteiger partial charge in [-0.2, -0.15) is 0 Å². The highest BCUT2D eigenvalue weighted by atomic mass is 32.1. The Bertz CT molecular complexity index is 536. The molecule has 1 aromatic heterocycles. The average Bonchev–Trinajstić information content (AvgIpc) is 2.98. The van der Waals surface area contributed by atoms with Gasteiger partial charge in [0.1, 0.15) is 0 Å². The van der Waals surface area contributed by atoms with Crippen molar-refractivity contribution in [2.45, 2.75) is 19.9 Å². The Kier molecular flexibility index (Phi) is 4.20. The van der Waals surface area contributed by atoms with E-state index in [2.05, 4.69) is 59.8 Å². The van der Waals surface area contributed by atoms with E-state index in [1.807, 2.05) is 11.3 Å². The first-order valence-electron chi connectivity index (χ1n) is 7.31. The van der Waals surface area contributed by atoms with Crippen molar-refractivity contribution < 1.29 is 0 Å². The second-order valence-corrected chi connectivity index (χ2v) is 6.49. The molecule has 20 heavy (non-hydrogen) atoms. The average molecular weight is 286 g/mol. The fourth-order valence-corrected chi connectivity index (χ4v) is 4.02. The maximum Gasteiger partial charge on any atom is 0.0702 e. The summed E-state index contributed by atoms with van der Waals surface area (Å²) in [5.74, 6) is 0. The SMILES string of the molecule is Cc1cccc(C)c1[C@H](c1cccs1)N1CCNCC1. The van der Waals surface area contributed by atoms with E-state index in [0.29, 0.717) is 6.04 Å². The molecule has 0 bridgehead atoms. The van der Waals surface area contributed by atoms with Crippen molar-refractivity contribution in [3.8, 4) is 0 Å². The highest BCUT2D eigenvalue weighted by Gasteiger charge is 2.26. The summed E-state index contributed by atoms with van der Waals surface area (Å²) in [5, 5.41) is 5.65. The fourth-order valence-electron chi connectivity index (χ4n) is 3.15. The van der Waals surface area contributed by atoms with Crippen molar-refractivity contribution in [3.63, 3.8) is 0 Å². The van der Waals surface area contributed by atoms with Crippen LogP contribution in [-0.2, 0) is 0 Å². The number of rotatable bonds is 3. The van der Waals surface area contributed by atoms with Crippen LogP contribution < -0.4 is 5.32 Å². The summed E-state index contributed by atoms with van der Waals surface area (Å²) in [6, 6.07) is 11.5. The van der Waals surface area contributed by atoms with Gasteiger partial charge in [0.05, 0.1) is 6.04 Å². The topological polar surface area (TPSA) is 15.3 Å². The van der Waals surface area contributed by atoms with Gasteiger partial charge in [0, 0.05) is 31.1 Å². The van der Waals surface area contributed by atoms with Crippen LogP contribution in [0.4, 0.5) is 0 Å². The van der Waals surface area contributed by atoms with E-state index in [4.69, 9.17) is 0 Å². The lowest BCUT2D eigenvalue weighted by molar-refractivity contribution is 0.200. The zero-order valence-corrected chi connectivity index (χ0v) is 13.0. The Morgan fingerprint density at radius 3 is 2.35 bits per heavy atom. The third-order valence-corrected chi connectivity index (χ3v) is 5.07. The summed E-state index contributed by atoms with van der Waals surface area (Å²) in [6.45, 7) is 8.91. The molecular weight excluding hydrogens is 264 g/mol. The van der Waals surface area contributed by atoms with Crippen molar-refractivity contribution in [1.29, 1.82) is 0 Å². The Morgan fingerprint density at radius 1 is 1.05 bits per heavy atom. The molecule has 1 saturated heterocycles. The first-order chi connectivity index (χ1) is 9.77. The smallest absolute Gasteiger partial charge is 0.0702 e. The van der Waals surface area contributed by atoms with Crippen molar-refractivity contribution in [1.82, 2.24) is 10.2 Å². The molecule has 1 aromatic carbocycles. The van der Waals surface area contributed by atoms with Crippen LogP contribution in [0.3, 0.4) is 0 Å². The second kappa shape index (κ2) is 6.08. The summed E-state index contributed by atoms with van der Waals surface area (Å²) >= 11 is 1.87. The first-order valence-corrected chi connectivity index (χ1v) is 8.19. The molecule has 1 atom stereocenters. The van der Waals surface area contributed by atoms with Crippen LogP contribution in [0.1, 0.15) is 27.6 Å². The predicted molar refractivity (Wildman–Crippen MR) is 86.5 cm³/mol. The van der Waals surface area contributed by atoms with Crippen LogP contribution in [-0.4, -0.2) is 31.1 Å². The monoisotopic (exact) mass is 286 g/mol. The number of hydrogen-bond acceptors (Lipinski definition) is 3. The lowest BCUT2D eigenvalue weighted by atomic mass is 9.93. The molecule has 0 spiro atoms. The molecule has 0 saturated carbocycles.